The molecule has 0 spiro atoms. The van der Waals surface area contributed by atoms with Gasteiger partial charge in [0.15, 0.2) is 6.10 Å². The van der Waals surface area contributed by atoms with Crippen LogP contribution in [0.25, 0.3) is 0 Å². The molecule has 0 radical (unpaired) electrons. The Balaban J connectivity index is 4.14. The van der Waals surface area contributed by atoms with Crippen molar-refractivity contribution in [2.75, 3.05) is 47.5 Å². The van der Waals surface area contributed by atoms with E-state index in [1.54, 1.807) is 0 Å². The molecule has 0 aliphatic heterocycles. The average Bonchev–Trinajstić information content (AvgIpc) is 3.42. The summed E-state index contributed by atoms with van der Waals surface area (Å²) in [5.41, 5.74) is 0. The van der Waals surface area contributed by atoms with Crippen LogP contribution in [0.15, 0.2) is 109 Å². The third kappa shape index (κ3) is 63.8. The number of carbonyl (C=O) groups is 2. The molecule has 10 heteroatoms. The molecule has 0 fully saturated rings. The molecule has 0 aliphatic rings. The quantitative estimate of drug-likeness (QED) is 0.0211. The van der Waals surface area contributed by atoms with Crippen LogP contribution in [-0.2, 0) is 32.7 Å². The van der Waals surface area contributed by atoms with Gasteiger partial charge in [0, 0.05) is 12.8 Å². The molecule has 0 aliphatic carbocycles. The number of hydrogen-bond acceptors (Lipinski definition) is 7. The van der Waals surface area contributed by atoms with Gasteiger partial charge in [0.1, 0.15) is 19.8 Å². The zero-order valence-electron chi connectivity index (χ0n) is 52.3. The first kappa shape index (κ1) is 76.7. The Morgan fingerprint density at radius 1 is 0.400 bits per heavy atom. The van der Waals surface area contributed by atoms with Gasteiger partial charge in [0.25, 0.3) is 0 Å². The molecule has 0 aromatic rings. The largest absolute Gasteiger partial charge is 0.472 e. The van der Waals surface area contributed by atoms with Crippen LogP contribution >= 0.6 is 7.82 Å². The number of phosphoric ester groups is 1. The normalized spacial score (nSPS) is 13.9. The van der Waals surface area contributed by atoms with E-state index < -0.39 is 26.5 Å². The number of unbranched alkanes of at least 4 members (excludes halogenated alkanes) is 27. The highest BCUT2D eigenvalue weighted by atomic mass is 31.2. The lowest BCUT2D eigenvalue weighted by Gasteiger charge is -2.24. The maximum Gasteiger partial charge on any atom is 0.472 e. The Kier molecular flexibility index (Phi) is 57.8. The summed E-state index contributed by atoms with van der Waals surface area (Å²) in [6, 6.07) is 0. The number of esters is 2. The fourth-order valence-electron chi connectivity index (χ4n) is 8.79. The predicted octanol–water partition coefficient (Wildman–Crippen LogP) is 20.9. The zero-order valence-corrected chi connectivity index (χ0v) is 53.2. The van der Waals surface area contributed by atoms with Gasteiger partial charge in [-0.1, -0.05) is 264 Å². The first-order valence-corrected chi connectivity index (χ1v) is 34.1. The fraction of sp³-hybridized carbons (Fsp3) is 0.714. The van der Waals surface area contributed by atoms with E-state index in [4.69, 9.17) is 18.5 Å². The molecule has 0 bridgehead atoms. The summed E-state index contributed by atoms with van der Waals surface area (Å²) >= 11 is 0. The molecule has 0 amide bonds. The van der Waals surface area contributed by atoms with E-state index >= 15 is 0 Å². The van der Waals surface area contributed by atoms with Crippen molar-refractivity contribution >= 4 is 19.8 Å². The monoisotopic (exact) mass is 1140 g/mol. The Hall–Kier alpha value is -3.33. The second kappa shape index (κ2) is 60.3. The molecule has 460 valence electrons. The lowest BCUT2D eigenvalue weighted by atomic mass is 10.0. The minimum Gasteiger partial charge on any atom is -0.462 e. The third-order valence-corrected chi connectivity index (χ3v) is 14.8. The molecule has 9 nitrogen and oxygen atoms in total. The minimum atomic E-state index is -4.40. The van der Waals surface area contributed by atoms with E-state index in [1.165, 1.54) is 141 Å². The molecular weight excluding hydrogens is 1010 g/mol. The van der Waals surface area contributed by atoms with E-state index in [-0.39, 0.29) is 32.0 Å². The van der Waals surface area contributed by atoms with Gasteiger partial charge in [-0.2, -0.15) is 0 Å². The SMILES string of the molecule is CC/C=C\C/C=C\C/C=C\C/C=C\C/C=C\C/C=C\CCCCCCCCCCCCC(=O)OC(COC(=O)CCCCCCCCCCCCCC/C=C\C/C=C\C/C=C\CCCCCCC)COP(=O)(O)OCC[N+](C)(C)C. The van der Waals surface area contributed by atoms with Crippen molar-refractivity contribution in [2.24, 2.45) is 0 Å². The topological polar surface area (TPSA) is 108 Å². The summed E-state index contributed by atoms with van der Waals surface area (Å²) in [6.07, 6.45) is 84.5. The number of nitrogens with zero attached hydrogens (tertiary/aromatic N) is 1. The van der Waals surface area contributed by atoms with Crippen LogP contribution in [0.4, 0.5) is 0 Å². The minimum absolute atomic E-state index is 0.0258. The Morgan fingerprint density at radius 2 is 0.713 bits per heavy atom. The highest BCUT2D eigenvalue weighted by Crippen LogP contribution is 2.43. The standard InChI is InChI=1S/C70H122NO8P/c1-6-8-10-12-14-16-18-20-22-24-26-28-30-32-34-35-37-39-41-43-45-47-49-51-53-55-57-59-61-63-70(73)79-68(67-78-80(74,75)77-65-64-71(3,4)5)66-76-69(72)62-60-58-56-54-52-50-48-46-44-42-40-38-36-33-31-29-27-25-23-21-19-17-15-13-11-9-7-2/h8,10,14,16,19-22,25-28,31-34,37,39,68H,6-7,9,11-13,15,17-18,23-24,29-30,35-36,38,40-67H2,1-5H3/p+1/b10-8-,16-14-,21-19-,22-20-,27-25-,28-26-,33-31-,34-32-,39-37-. The van der Waals surface area contributed by atoms with Gasteiger partial charge >= 0.3 is 19.8 Å². The lowest BCUT2D eigenvalue weighted by molar-refractivity contribution is -0.870. The summed E-state index contributed by atoms with van der Waals surface area (Å²) < 4.78 is 34.7. The number of quaternary nitrogens is 1. The van der Waals surface area contributed by atoms with Crippen molar-refractivity contribution in [3.05, 3.63) is 109 Å². The van der Waals surface area contributed by atoms with Crippen LogP contribution in [0, 0.1) is 0 Å². The predicted molar refractivity (Wildman–Crippen MR) is 344 cm³/mol. The molecule has 2 unspecified atom stereocenters. The zero-order chi connectivity index (χ0) is 58.4. The van der Waals surface area contributed by atoms with Gasteiger partial charge < -0.3 is 18.9 Å². The van der Waals surface area contributed by atoms with Gasteiger partial charge in [0.05, 0.1) is 27.7 Å². The molecular formula is C70H123NO8P+. The maximum absolute atomic E-state index is 12.9. The van der Waals surface area contributed by atoms with E-state index in [2.05, 4.69) is 123 Å². The van der Waals surface area contributed by atoms with Crippen LogP contribution in [0.5, 0.6) is 0 Å². The van der Waals surface area contributed by atoms with E-state index in [1.807, 2.05) is 21.1 Å². The molecule has 0 aromatic heterocycles. The van der Waals surface area contributed by atoms with Crippen molar-refractivity contribution in [3.63, 3.8) is 0 Å². The number of rotatable bonds is 59. The summed E-state index contributed by atoms with van der Waals surface area (Å²) in [5.74, 6) is -0.804. The highest BCUT2D eigenvalue weighted by Gasteiger charge is 2.27. The summed E-state index contributed by atoms with van der Waals surface area (Å²) in [6.45, 7) is 4.31. The molecule has 1 N–H and O–H groups in total. The summed E-state index contributed by atoms with van der Waals surface area (Å²) in [4.78, 5) is 35.8. The molecule has 2 atom stereocenters. The smallest absolute Gasteiger partial charge is 0.462 e. The summed E-state index contributed by atoms with van der Waals surface area (Å²) in [7, 11) is 1.47. The van der Waals surface area contributed by atoms with Gasteiger partial charge in [-0.15, -0.1) is 0 Å². The second-order valence-corrected chi connectivity index (χ2v) is 24.2. The fourth-order valence-corrected chi connectivity index (χ4v) is 9.53. The number of hydrogen-bond donors (Lipinski definition) is 1. The molecule has 0 heterocycles. The Bertz CT molecular complexity index is 1720. The Labute approximate surface area is 493 Å². The first-order valence-electron chi connectivity index (χ1n) is 32.6. The molecule has 0 rings (SSSR count). The number of carbonyl (C=O) groups excluding carboxylic acids is 2. The van der Waals surface area contributed by atoms with Crippen LogP contribution < -0.4 is 0 Å². The molecule has 0 aromatic carbocycles. The van der Waals surface area contributed by atoms with Crippen LogP contribution in [0.2, 0.25) is 0 Å². The van der Waals surface area contributed by atoms with Gasteiger partial charge in [-0.05, 0) is 103 Å². The van der Waals surface area contributed by atoms with Gasteiger partial charge in [0.2, 0.25) is 0 Å². The van der Waals surface area contributed by atoms with Crippen LogP contribution in [0.1, 0.15) is 271 Å². The van der Waals surface area contributed by atoms with Crippen LogP contribution in [-0.4, -0.2) is 74.9 Å². The highest BCUT2D eigenvalue weighted by molar-refractivity contribution is 7.47. The molecule has 0 saturated carbocycles. The maximum atomic E-state index is 12.9. The third-order valence-electron chi connectivity index (χ3n) is 13.8. The lowest BCUT2D eigenvalue weighted by Crippen LogP contribution is -2.37. The average molecular weight is 1140 g/mol. The van der Waals surface area contributed by atoms with Crippen molar-refractivity contribution in [1.82, 2.24) is 0 Å². The van der Waals surface area contributed by atoms with Crippen molar-refractivity contribution in [2.45, 2.75) is 277 Å². The molecule has 0 saturated heterocycles. The van der Waals surface area contributed by atoms with E-state index in [0.717, 1.165) is 96.3 Å². The van der Waals surface area contributed by atoms with Crippen molar-refractivity contribution in [3.8, 4) is 0 Å². The molecule has 80 heavy (non-hydrogen) atoms. The van der Waals surface area contributed by atoms with Crippen molar-refractivity contribution in [1.29, 1.82) is 0 Å². The number of likely N-dealkylation sites (N-methyl/N-ethyl adjacent to an activating group) is 1. The number of allylic oxidation sites excluding steroid dienone is 18. The second-order valence-electron chi connectivity index (χ2n) is 22.8. The Morgan fingerprint density at radius 3 is 1.06 bits per heavy atom. The van der Waals surface area contributed by atoms with Gasteiger partial charge in [-0.3, -0.25) is 18.6 Å². The van der Waals surface area contributed by atoms with E-state index in [0.29, 0.717) is 17.4 Å². The number of ether oxygens (including phenoxy) is 2. The van der Waals surface area contributed by atoms with E-state index in [9.17, 15) is 19.0 Å². The number of phosphoric acid groups is 1. The van der Waals surface area contributed by atoms with Crippen LogP contribution in [0.3, 0.4) is 0 Å². The first-order chi connectivity index (χ1) is 39.0. The van der Waals surface area contributed by atoms with Gasteiger partial charge in [-0.25, -0.2) is 4.57 Å². The van der Waals surface area contributed by atoms with Crippen molar-refractivity contribution < 1.29 is 42.1 Å². The summed E-state index contributed by atoms with van der Waals surface area (Å²) in [5, 5.41) is 0.